The molecule has 0 bridgehead atoms. The molecule has 0 saturated carbocycles. The number of ether oxygens (including phenoxy) is 2. The number of hydrogen-bond acceptors (Lipinski definition) is 6. The molecule has 0 fully saturated rings. The monoisotopic (exact) mass is 432 g/mol. The fraction of sp³-hybridized carbons (Fsp3) is 0.333. The van der Waals surface area contributed by atoms with Crippen LogP contribution in [0, 0.1) is 0 Å². The molecule has 1 heterocycles. The Labute approximate surface area is 176 Å². The van der Waals surface area contributed by atoms with Gasteiger partial charge in [-0.15, -0.1) is 0 Å². The Morgan fingerprint density at radius 3 is 2.43 bits per heavy atom. The van der Waals surface area contributed by atoms with Gasteiger partial charge in [-0.3, -0.25) is 4.79 Å². The van der Waals surface area contributed by atoms with E-state index in [1.165, 1.54) is 38.2 Å². The number of aryl methyl sites for hydroxylation is 1. The molecule has 2 aromatic carbocycles. The van der Waals surface area contributed by atoms with Crippen molar-refractivity contribution in [3.8, 4) is 5.75 Å². The Morgan fingerprint density at radius 1 is 1.13 bits per heavy atom. The van der Waals surface area contributed by atoms with Gasteiger partial charge in [0.05, 0.1) is 24.2 Å². The molecule has 1 amide bonds. The fourth-order valence-electron chi connectivity index (χ4n) is 3.15. The summed E-state index contributed by atoms with van der Waals surface area (Å²) < 4.78 is 35.9. The molecule has 1 aliphatic heterocycles. The smallest absolute Gasteiger partial charge is 0.348 e. The minimum absolute atomic E-state index is 0.0720. The van der Waals surface area contributed by atoms with Crippen LogP contribution >= 0.6 is 0 Å². The number of nitrogens with zero attached hydrogens (tertiary/aromatic N) is 2. The van der Waals surface area contributed by atoms with Crippen LogP contribution in [-0.2, 0) is 30.8 Å². The van der Waals surface area contributed by atoms with Crippen molar-refractivity contribution in [2.24, 2.45) is 0 Å². The molecule has 0 aliphatic carbocycles. The number of para-hydroxylation sites is 2. The first kappa shape index (κ1) is 21.8. The lowest BCUT2D eigenvalue weighted by Crippen LogP contribution is -2.47. The topological polar surface area (TPSA) is 93.2 Å². The maximum Gasteiger partial charge on any atom is 0.348 e. The molecule has 2 aromatic rings. The molecule has 0 aromatic heterocycles. The molecule has 9 heteroatoms. The predicted molar refractivity (Wildman–Crippen MR) is 111 cm³/mol. The highest BCUT2D eigenvalue weighted by Crippen LogP contribution is 2.34. The number of carbonyl (C=O) groups is 2. The third kappa shape index (κ3) is 4.47. The van der Waals surface area contributed by atoms with Crippen molar-refractivity contribution in [1.82, 2.24) is 4.31 Å². The minimum atomic E-state index is -3.49. The number of hydrogen-bond donors (Lipinski definition) is 0. The highest BCUT2D eigenvalue weighted by atomic mass is 32.2. The predicted octanol–water partition coefficient (Wildman–Crippen LogP) is 1.84. The molecule has 160 valence electrons. The van der Waals surface area contributed by atoms with Crippen molar-refractivity contribution in [1.29, 1.82) is 0 Å². The van der Waals surface area contributed by atoms with Crippen LogP contribution in [-0.4, -0.2) is 58.5 Å². The van der Waals surface area contributed by atoms with E-state index in [4.69, 9.17) is 9.47 Å². The maximum absolute atomic E-state index is 12.9. The van der Waals surface area contributed by atoms with Gasteiger partial charge in [0.2, 0.25) is 22.0 Å². The van der Waals surface area contributed by atoms with Crippen LogP contribution in [0.1, 0.15) is 12.0 Å². The van der Waals surface area contributed by atoms with Crippen LogP contribution in [0.4, 0.5) is 5.69 Å². The van der Waals surface area contributed by atoms with Crippen molar-refractivity contribution >= 4 is 27.6 Å². The molecule has 0 N–H and O–H groups in total. The Kier molecular flexibility index (Phi) is 6.42. The highest BCUT2D eigenvalue weighted by Gasteiger charge is 2.34. The van der Waals surface area contributed by atoms with E-state index in [0.717, 1.165) is 9.87 Å². The average molecular weight is 432 g/mol. The first-order valence-electron chi connectivity index (χ1n) is 9.39. The molecule has 8 nitrogen and oxygen atoms in total. The SMILES string of the molecule is COC(=O)[C@@H]1CN(C(=O)CCc2ccc(S(=O)(=O)N(C)C)cc2)c2ccccc2O1. The molecule has 1 aliphatic rings. The van der Waals surface area contributed by atoms with Crippen LogP contribution in [0.5, 0.6) is 5.75 Å². The zero-order valence-corrected chi connectivity index (χ0v) is 17.9. The summed E-state index contributed by atoms with van der Waals surface area (Å²) in [6.07, 6.45) is -0.254. The van der Waals surface area contributed by atoms with Gasteiger partial charge >= 0.3 is 5.97 Å². The van der Waals surface area contributed by atoms with Crippen LogP contribution < -0.4 is 9.64 Å². The number of benzene rings is 2. The second-order valence-electron chi connectivity index (χ2n) is 7.03. The lowest BCUT2D eigenvalue weighted by molar-refractivity contribution is -0.148. The van der Waals surface area contributed by atoms with Gasteiger partial charge in [0, 0.05) is 20.5 Å². The standard InChI is InChI=1S/C21H24N2O6S/c1-22(2)30(26,27)16-11-8-15(9-12-16)10-13-20(24)23-14-19(21(25)28-3)29-18-7-5-4-6-17(18)23/h4-9,11-12,19H,10,13-14H2,1-3H3/t19-/m0/s1. The Morgan fingerprint density at radius 2 is 1.80 bits per heavy atom. The number of fused-ring (bicyclic) bond motifs is 1. The van der Waals surface area contributed by atoms with E-state index >= 15 is 0 Å². The molecular weight excluding hydrogens is 408 g/mol. The molecule has 3 rings (SSSR count). The average Bonchev–Trinajstić information content (AvgIpc) is 2.76. The normalized spacial score (nSPS) is 16.0. The lowest BCUT2D eigenvalue weighted by Gasteiger charge is -2.33. The first-order chi connectivity index (χ1) is 14.2. The Balaban J connectivity index is 1.72. The van der Waals surface area contributed by atoms with Gasteiger partial charge in [-0.1, -0.05) is 24.3 Å². The van der Waals surface area contributed by atoms with E-state index in [9.17, 15) is 18.0 Å². The van der Waals surface area contributed by atoms with Gasteiger partial charge in [-0.05, 0) is 36.2 Å². The van der Waals surface area contributed by atoms with Gasteiger partial charge in [0.25, 0.3) is 0 Å². The fourth-order valence-corrected chi connectivity index (χ4v) is 4.05. The molecular formula is C21H24N2O6S. The number of anilines is 1. The number of methoxy groups -OCH3 is 1. The second kappa shape index (κ2) is 8.85. The zero-order chi connectivity index (χ0) is 21.9. The largest absolute Gasteiger partial charge is 0.475 e. The van der Waals surface area contributed by atoms with Crippen molar-refractivity contribution in [3.05, 3.63) is 54.1 Å². The van der Waals surface area contributed by atoms with Gasteiger partial charge in [0.15, 0.2) is 0 Å². The van der Waals surface area contributed by atoms with Gasteiger partial charge in [-0.25, -0.2) is 17.5 Å². The number of rotatable bonds is 6. The third-order valence-corrected chi connectivity index (χ3v) is 6.70. The van der Waals surface area contributed by atoms with Gasteiger partial charge in [0.1, 0.15) is 5.75 Å². The number of esters is 1. The van der Waals surface area contributed by atoms with Crippen LogP contribution in [0.2, 0.25) is 0 Å². The van der Waals surface area contributed by atoms with Crippen molar-refractivity contribution in [2.45, 2.75) is 23.8 Å². The van der Waals surface area contributed by atoms with Crippen LogP contribution in [0.3, 0.4) is 0 Å². The van der Waals surface area contributed by atoms with Crippen LogP contribution in [0.25, 0.3) is 0 Å². The molecule has 0 unspecified atom stereocenters. The number of amides is 1. The van der Waals surface area contributed by atoms with E-state index < -0.39 is 22.1 Å². The summed E-state index contributed by atoms with van der Waals surface area (Å²) >= 11 is 0. The zero-order valence-electron chi connectivity index (χ0n) is 17.1. The van der Waals surface area contributed by atoms with Crippen molar-refractivity contribution < 1.29 is 27.5 Å². The summed E-state index contributed by atoms with van der Waals surface area (Å²) in [5.74, 6) is -0.254. The third-order valence-electron chi connectivity index (χ3n) is 4.87. The maximum atomic E-state index is 12.9. The molecule has 0 radical (unpaired) electrons. The molecule has 0 saturated heterocycles. The molecule has 0 spiro atoms. The van der Waals surface area contributed by atoms with E-state index in [0.29, 0.717) is 17.9 Å². The van der Waals surface area contributed by atoms with Gasteiger partial charge in [-0.2, -0.15) is 0 Å². The van der Waals surface area contributed by atoms with Crippen LogP contribution in [0.15, 0.2) is 53.4 Å². The summed E-state index contributed by atoms with van der Waals surface area (Å²) in [7, 11) is 0.736. The summed E-state index contributed by atoms with van der Waals surface area (Å²) in [5.41, 5.74) is 1.45. The number of carbonyl (C=O) groups excluding carboxylic acids is 2. The number of sulfonamides is 1. The summed E-state index contributed by atoms with van der Waals surface area (Å²) in [6.45, 7) is 0.0720. The first-order valence-corrected chi connectivity index (χ1v) is 10.8. The summed E-state index contributed by atoms with van der Waals surface area (Å²) in [4.78, 5) is 26.6. The van der Waals surface area contributed by atoms with E-state index in [-0.39, 0.29) is 23.8 Å². The minimum Gasteiger partial charge on any atom is -0.475 e. The van der Waals surface area contributed by atoms with E-state index in [1.807, 2.05) is 0 Å². The summed E-state index contributed by atoms with van der Waals surface area (Å²) in [6, 6.07) is 13.5. The van der Waals surface area contributed by atoms with Crippen molar-refractivity contribution in [2.75, 3.05) is 32.6 Å². The summed E-state index contributed by atoms with van der Waals surface area (Å²) in [5, 5.41) is 0. The van der Waals surface area contributed by atoms with E-state index in [2.05, 4.69) is 0 Å². The van der Waals surface area contributed by atoms with Crippen molar-refractivity contribution in [3.63, 3.8) is 0 Å². The molecule has 30 heavy (non-hydrogen) atoms. The van der Waals surface area contributed by atoms with Gasteiger partial charge < -0.3 is 14.4 Å². The second-order valence-corrected chi connectivity index (χ2v) is 9.18. The Bertz CT molecular complexity index is 1030. The highest BCUT2D eigenvalue weighted by molar-refractivity contribution is 7.89. The quantitative estimate of drug-likeness (QED) is 0.647. The lowest BCUT2D eigenvalue weighted by atomic mass is 10.1. The van der Waals surface area contributed by atoms with E-state index in [1.54, 1.807) is 36.4 Å². The Hall–Kier alpha value is -2.91. The molecule has 1 atom stereocenters.